The minimum Gasteiger partial charge on any atom is -0.350 e. The average molecular weight is 337 g/mol. The summed E-state index contributed by atoms with van der Waals surface area (Å²) in [5, 5.41) is 3.20. The molecule has 0 bridgehead atoms. The fourth-order valence-corrected chi connectivity index (χ4v) is 3.79. The van der Waals surface area contributed by atoms with Gasteiger partial charge in [-0.15, -0.1) is 0 Å². The number of hydrogen-bond donors (Lipinski definition) is 1. The summed E-state index contributed by atoms with van der Waals surface area (Å²) >= 11 is 3.49. The van der Waals surface area contributed by atoms with Gasteiger partial charge in [-0.05, 0) is 78.3 Å². The molecule has 0 aromatic carbocycles. The van der Waals surface area contributed by atoms with E-state index in [4.69, 9.17) is 0 Å². The zero-order valence-corrected chi connectivity index (χ0v) is 13.2. The first kappa shape index (κ1) is 12.9. The molecular formula is C16H21BrN2O. The lowest BCUT2D eigenvalue weighted by Crippen LogP contribution is -2.32. The number of aromatic nitrogens is 1. The van der Waals surface area contributed by atoms with E-state index in [0.29, 0.717) is 6.04 Å². The van der Waals surface area contributed by atoms with Crippen molar-refractivity contribution in [1.29, 1.82) is 0 Å². The summed E-state index contributed by atoms with van der Waals surface area (Å²) in [5.41, 5.74) is 0.824. The first-order valence-corrected chi connectivity index (χ1v) is 8.67. The second-order valence-electron chi connectivity index (χ2n) is 6.73. The molecule has 3 aliphatic rings. The van der Waals surface area contributed by atoms with Crippen molar-refractivity contribution in [2.45, 2.75) is 44.6 Å². The monoisotopic (exact) mass is 336 g/mol. The van der Waals surface area contributed by atoms with E-state index in [1.165, 1.54) is 38.5 Å². The van der Waals surface area contributed by atoms with Gasteiger partial charge in [0.1, 0.15) is 5.69 Å². The van der Waals surface area contributed by atoms with Crippen molar-refractivity contribution in [2.24, 2.45) is 17.8 Å². The van der Waals surface area contributed by atoms with Crippen LogP contribution in [0, 0.1) is 17.8 Å². The molecule has 3 aliphatic carbocycles. The molecule has 108 valence electrons. The standard InChI is InChI=1S/C16H21BrN2O/c17-12-7-15(19(9-12)13-5-6-13)16(20)18-8-14(10-1-2-10)11-3-4-11/h7,9-11,13-14H,1-6,8H2,(H,18,20). The summed E-state index contributed by atoms with van der Waals surface area (Å²) < 4.78 is 3.15. The van der Waals surface area contributed by atoms with Crippen molar-refractivity contribution < 1.29 is 4.79 Å². The molecule has 0 spiro atoms. The predicted molar refractivity (Wildman–Crippen MR) is 81.7 cm³/mol. The van der Waals surface area contributed by atoms with Crippen LogP contribution in [0.25, 0.3) is 0 Å². The molecule has 1 amide bonds. The predicted octanol–water partition coefficient (Wildman–Crippen LogP) is 3.75. The molecule has 20 heavy (non-hydrogen) atoms. The van der Waals surface area contributed by atoms with Crippen LogP contribution in [0.4, 0.5) is 0 Å². The zero-order chi connectivity index (χ0) is 13.7. The van der Waals surface area contributed by atoms with Crippen molar-refractivity contribution in [3.63, 3.8) is 0 Å². The molecule has 1 N–H and O–H groups in total. The van der Waals surface area contributed by atoms with Crippen molar-refractivity contribution in [1.82, 2.24) is 9.88 Å². The smallest absolute Gasteiger partial charge is 0.267 e. The molecule has 1 aromatic rings. The summed E-state index contributed by atoms with van der Waals surface area (Å²) in [6.07, 6.45) is 9.96. The van der Waals surface area contributed by atoms with Gasteiger partial charge in [-0.1, -0.05) is 0 Å². The second kappa shape index (κ2) is 4.90. The lowest BCUT2D eigenvalue weighted by atomic mass is 9.98. The van der Waals surface area contributed by atoms with E-state index in [-0.39, 0.29) is 5.91 Å². The van der Waals surface area contributed by atoms with Crippen molar-refractivity contribution >= 4 is 21.8 Å². The van der Waals surface area contributed by atoms with Crippen LogP contribution in [0.1, 0.15) is 55.1 Å². The minimum atomic E-state index is 0.105. The van der Waals surface area contributed by atoms with Gasteiger partial charge in [0.2, 0.25) is 0 Å². The molecule has 3 fully saturated rings. The molecule has 0 saturated heterocycles. The van der Waals surface area contributed by atoms with Gasteiger partial charge >= 0.3 is 0 Å². The average Bonchev–Trinajstić information content (AvgIpc) is 3.26. The Morgan fingerprint density at radius 2 is 1.90 bits per heavy atom. The number of rotatable bonds is 6. The molecule has 0 atom stereocenters. The molecule has 4 heteroatoms. The number of nitrogens with zero attached hydrogens (tertiary/aromatic N) is 1. The highest BCUT2D eigenvalue weighted by atomic mass is 79.9. The summed E-state index contributed by atoms with van der Waals surface area (Å²) in [6.45, 7) is 0.877. The van der Waals surface area contributed by atoms with Crippen LogP contribution >= 0.6 is 15.9 Å². The van der Waals surface area contributed by atoms with Gasteiger partial charge in [0.15, 0.2) is 0 Å². The van der Waals surface area contributed by atoms with E-state index in [2.05, 4.69) is 25.8 Å². The molecule has 0 radical (unpaired) electrons. The first-order valence-electron chi connectivity index (χ1n) is 7.88. The fraction of sp³-hybridized carbons (Fsp3) is 0.688. The van der Waals surface area contributed by atoms with Gasteiger partial charge in [-0.2, -0.15) is 0 Å². The van der Waals surface area contributed by atoms with Crippen LogP contribution in [0.2, 0.25) is 0 Å². The molecule has 0 unspecified atom stereocenters. The van der Waals surface area contributed by atoms with Gasteiger partial charge in [0.05, 0.1) is 0 Å². The number of carbonyl (C=O) groups excluding carboxylic acids is 1. The topological polar surface area (TPSA) is 34.0 Å². The summed E-state index contributed by atoms with van der Waals surface area (Å²) in [4.78, 5) is 12.4. The van der Waals surface area contributed by atoms with Crippen LogP contribution in [0.15, 0.2) is 16.7 Å². The van der Waals surface area contributed by atoms with Crippen LogP contribution in [-0.2, 0) is 0 Å². The van der Waals surface area contributed by atoms with Crippen LogP contribution in [-0.4, -0.2) is 17.0 Å². The Bertz CT molecular complexity index is 515. The molecule has 3 saturated carbocycles. The number of nitrogens with one attached hydrogen (secondary N) is 1. The van der Waals surface area contributed by atoms with Gasteiger partial charge in [0, 0.05) is 23.3 Å². The Morgan fingerprint density at radius 3 is 2.45 bits per heavy atom. The molecule has 1 aromatic heterocycles. The maximum absolute atomic E-state index is 12.4. The highest BCUT2D eigenvalue weighted by molar-refractivity contribution is 9.10. The van der Waals surface area contributed by atoms with Crippen LogP contribution in [0.5, 0.6) is 0 Å². The van der Waals surface area contributed by atoms with Crippen LogP contribution in [0.3, 0.4) is 0 Å². The maximum Gasteiger partial charge on any atom is 0.267 e. The summed E-state index contributed by atoms with van der Waals surface area (Å²) in [5.74, 6) is 2.63. The van der Waals surface area contributed by atoms with E-state index >= 15 is 0 Å². The Hall–Kier alpha value is -0.770. The highest BCUT2D eigenvalue weighted by Crippen LogP contribution is 2.48. The SMILES string of the molecule is O=C(NCC(C1CC1)C1CC1)c1cc(Br)cn1C1CC1. The third-order valence-corrected chi connectivity index (χ3v) is 5.38. The number of amides is 1. The van der Waals surface area contributed by atoms with Gasteiger partial charge in [0.25, 0.3) is 5.91 Å². The zero-order valence-electron chi connectivity index (χ0n) is 11.6. The molecule has 4 rings (SSSR count). The van der Waals surface area contributed by atoms with Gasteiger partial charge < -0.3 is 9.88 Å². The summed E-state index contributed by atoms with van der Waals surface area (Å²) in [6, 6.07) is 2.50. The molecule has 1 heterocycles. The molecule has 3 nitrogen and oxygen atoms in total. The third kappa shape index (κ3) is 2.67. The lowest BCUT2D eigenvalue weighted by Gasteiger charge is -2.16. The van der Waals surface area contributed by atoms with E-state index in [9.17, 15) is 4.79 Å². The Morgan fingerprint density at radius 1 is 1.25 bits per heavy atom. The number of halogens is 1. The molecule has 0 aliphatic heterocycles. The lowest BCUT2D eigenvalue weighted by molar-refractivity contribution is 0.0934. The fourth-order valence-electron chi connectivity index (χ4n) is 3.35. The van der Waals surface area contributed by atoms with Gasteiger partial charge in [-0.25, -0.2) is 0 Å². The second-order valence-corrected chi connectivity index (χ2v) is 7.65. The quantitative estimate of drug-likeness (QED) is 0.843. The van der Waals surface area contributed by atoms with Gasteiger partial charge in [-0.3, -0.25) is 4.79 Å². The van der Waals surface area contributed by atoms with Crippen molar-refractivity contribution in [2.75, 3.05) is 6.54 Å². The summed E-state index contributed by atoms with van der Waals surface area (Å²) in [7, 11) is 0. The Labute approximate surface area is 128 Å². The number of carbonyl (C=O) groups is 1. The molecular weight excluding hydrogens is 316 g/mol. The van der Waals surface area contributed by atoms with E-state index in [0.717, 1.165) is 34.5 Å². The first-order chi connectivity index (χ1) is 9.72. The van der Waals surface area contributed by atoms with E-state index < -0.39 is 0 Å². The normalized spacial score (nSPS) is 22.3. The van der Waals surface area contributed by atoms with Crippen molar-refractivity contribution in [3.8, 4) is 0 Å². The van der Waals surface area contributed by atoms with E-state index in [1.807, 2.05) is 12.3 Å². The minimum absolute atomic E-state index is 0.105. The maximum atomic E-state index is 12.4. The third-order valence-electron chi connectivity index (χ3n) is 4.94. The Kier molecular flexibility index (Phi) is 3.17. The Balaban J connectivity index is 1.41. The highest BCUT2D eigenvalue weighted by Gasteiger charge is 2.41. The van der Waals surface area contributed by atoms with E-state index in [1.54, 1.807) is 0 Å². The number of hydrogen-bond acceptors (Lipinski definition) is 1. The van der Waals surface area contributed by atoms with Crippen molar-refractivity contribution in [3.05, 3.63) is 22.4 Å². The largest absolute Gasteiger partial charge is 0.350 e. The van der Waals surface area contributed by atoms with Crippen LogP contribution < -0.4 is 5.32 Å².